The molecule has 53 heavy (non-hydrogen) atoms. The molecule has 9 aromatic rings. The van der Waals surface area contributed by atoms with Gasteiger partial charge in [0.15, 0.2) is 0 Å². The largest absolute Gasteiger partial charge is 0.509 e. The summed E-state index contributed by atoms with van der Waals surface area (Å²) in [6.07, 6.45) is 1.92. The number of fused-ring (bicyclic) bond motifs is 8. The SMILES string of the molecule is CC(C)(C)c1ccnc(-n2c3[c-]c(Oc4[c-]c(N5[CH-]N(c6ccccc6)c6ccccc65)ccc4)ccc3c3sc4ccc5ccccc5c4c32)c1.[Pt]. The molecule has 6 aromatic carbocycles. The number of aromatic nitrogens is 2. The predicted octanol–water partition coefficient (Wildman–Crippen LogP) is 12.6. The van der Waals surface area contributed by atoms with Crippen LogP contribution in [-0.4, -0.2) is 9.55 Å². The zero-order valence-corrected chi connectivity index (χ0v) is 32.4. The first-order valence-electron chi connectivity index (χ1n) is 17.5. The van der Waals surface area contributed by atoms with Crippen molar-refractivity contribution in [2.45, 2.75) is 26.2 Å². The minimum absolute atomic E-state index is 0. The van der Waals surface area contributed by atoms with Crippen molar-refractivity contribution in [3.05, 3.63) is 164 Å². The van der Waals surface area contributed by atoms with Crippen LogP contribution in [0.5, 0.6) is 11.5 Å². The Balaban J connectivity index is 0.00000372. The van der Waals surface area contributed by atoms with Gasteiger partial charge in [-0.05, 0) is 64.2 Å². The second kappa shape index (κ2) is 12.9. The fraction of sp³-hybridized carbons (Fsp3) is 0.0870. The first-order chi connectivity index (χ1) is 25.4. The number of benzene rings is 6. The molecule has 0 radical (unpaired) electrons. The van der Waals surface area contributed by atoms with E-state index in [1.165, 1.54) is 31.1 Å². The normalized spacial score (nSPS) is 12.9. The molecule has 10 rings (SSSR count). The molecule has 0 saturated carbocycles. The summed E-state index contributed by atoms with van der Waals surface area (Å²) < 4.78 is 11.3. The Kier molecular flexibility index (Phi) is 8.14. The van der Waals surface area contributed by atoms with Gasteiger partial charge in [0.25, 0.3) is 0 Å². The van der Waals surface area contributed by atoms with E-state index in [0.717, 1.165) is 45.0 Å². The third-order valence-electron chi connectivity index (χ3n) is 9.88. The number of pyridine rings is 1. The fourth-order valence-electron chi connectivity index (χ4n) is 7.33. The molecule has 0 atom stereocenters. The number of hydrogen-bond donors (Lipinski definition) is 0. The van der Waals surface area contributed by atoms with E-state index in [1.807, 2.05) is 41.8 Å². The van der Waals surface area contributed by atoms with Gasteiger partial charge in [0.2, 0.25) is 0 Å². The van der Waals surface area contributed by atoms with E-state index >= 15 is 0 Å². The van der Waals surface area contributed by atoms with E-state index in [9.17, 15) is 0 Å². The summed E-state index contributed by atoms with van der Waals surface area (Å²) in [6.45, 7) is 8.83. The maximum Gasteiger partial charge on any atom is 0.135 e. The molecule has 0 spiro atoms. The van der Waals surface area contributed by atoms with Crippen LogP contribution in [-0.2, 0) is 26.5 Å². The van der Waals surface area contributed by atoms with E-state index in [1.54, 1.807) is 0 Å². The second-order valence-corrected chi connectivity index (χ2v) is 15.2. The van der Waals surface area contributed by atoms with Gasteiger partial charge in [-0.25, -0.2) is 4.98 Å². The Hall–Kier alpha value is -5.42. The number of anilines is 4. The second-order valence-electron chi connectivity index (χ2n) is 14.2. The summed E-state index contributed by atoms with van der Waals surface area (Å²) >= 11 is 1.82. The van der Waals surface area contributed by atoms with Gasteiger partial charge >= 0.3 is 0 Å². The van der Waals surface area contributed by atoms with Gasteiger partial charge in [-0.15, -0.1) is 54.0 Å². The van der Waals surface area contributed by atoms with E-state index in [-0.39, 0.29) is 26.5 Å². The van der Waals surface area contributed by atoms with Crippen molar-refractivity contribution in [1.82, 2.24) is 9.55 Å². The van der Waals surface area contributed by atoms with Gasteiger partial charge in [-0.3, -0.25) is 0 Å². The quantitative estimate of drug-likeness (QED) is 0.161. The molecule has 3 aromatic heterocycles. The Morgan fingerprint density at radius 1 is 0.698 bits per heavy atom. The first-order valence-corrected chi connectivity index (χ1v) is 18.3. The predicted molar refractivity (Wildman–Crippen MR) is 216 cm³/mol. The Morgan fingerprint density at radius 2 is 1.45 bits per heavy atom. The van der Waals surface area contributed by atoms with Crippen molar-refractivity contribution in [2.24, 2.45) is 0 Å². The van der Waals surface area contributed by atoms with Gasteiger partial charge in [-0.2, -0.15) is 12.1 Å². The number of para-hydroxylation sites is 3. The summed E-state index contributed by atoms with van der Waals surface area (Å²) in [7, 11) is 0. The number of hydrogen-bond acceptors (Lipinski definition) is 5. The minimum Gasteiger partial charge on any atom is -0.509 e. The van der Waals surface area contributed by atoms with Crippen molar-refractivity contribution in [3.63, 3.8) is 0 Å². The molecule has 0 unspecified atom stereocenters. The molecule has 0 bridgehead atoms. The zero-order valence-electron chi connectivity index (χ0n) is 29.3. The topological polar surface area (TPSA) is 33.5 Å². The molecule has 0 saturated heterocycles. The van der Waals surface area contributed by atoms with Crippen LogP contribution in [0.25, 0.3) is 47.8 Å². The number of ether oxygens (including phenoxy) is 1. The molecule has 7 heteroatoms. The van der Waals surface area contributed by atoms with Gasteiger partial charge < -0.3 is 19.1 Å². The Morgan fingerprint density at radius 3 is 2.28 bits per heavy atom. The molecule has 0 fully saturated rings. The van der Waals surface area contributed by atoms with Crippen LogP contribution in [0.15, 0.2) is 140 Å². The summed E-state index contributed by atoms with van der Waals surface area (Å²) in [5, 5.41) is 4.81. The first kappa shape index (κ1) is 33.4. The standard InChI is InChI=1S/C46H33N4OS.Pt/c1-46(2,3)31-24-25-47-42(26-31)50-40-28-35(21-22-37(40)45-44(50)43-36-17-8-7-12-30(36)20-23-41(43)52-45)51-34-16-11-15-33(27-34)49-29-48(32-13-5-4-6-14-32)38-18-9-10-19-39(38)49;/h4-26,29H,1-3H3;/q-3;. The summed E-state index contributed by atoms with van der Waals surface area (Å²) in [4.78, 5) is 9.33. The van der Waals surface area contributed by atoms with Crippen molar-refractivity contribution in [2.75, 3.05) is 9.80 Å². The number of nitrogens with zero attached hydrogens (tertiary/aromatic N) is 4. The Bertz CT molecular complexity index is 2820. The average molecular weight is 885 g/mol. The molecule has 262 valence electrons. The molecule has 1 aliphatic heterocycles. The molecule has 5 nitrogen and oxygen atoms in total. The smallest absolute Gasteiger partial charge is 0.135 e. The summed E-state index contributed by atoms with van der Waals surface area (Å²) in [5.74, 6) is 2.10. The average Bonchev–Trinajstić information content (AvgIpc) is 3.84. The molecule has 4 heterocycles. The van der Waals surface area contributed by atoms with Crippen LogP contribution in [0.2, 0.25) is 0 Å². The van der Waals surface area contributed by atoms with Crippen molar-refractivity contribution < 1.29 is 25.8 Å². The Labute approximate surface area is 327 Å². The minimum atomic E-state index is -0.0343. The summed E-state index contributed by atoms with van der Waals surface area (Å²) in [5.41, 5.74) is 7.44. The third kappa shape index (κ3) is 5.60. The van der Waals surface area contributed by atoms with E-state index in [0.29, 0.717) is 11.5 Å². The van der Waals surface area contributed by atoms with Crippen LogP contribution in [0.1, 0.15) is 26.3 Å². The van der Waals surface area contributed by atoms with Crippen LogP contribution in [0, 0.1) is 18.8 Å². The number of thiophene rings is 1. The molecule has 0 N–H and O–H groups in total. The van der Waals surface area contributed by atoms with Gasteiger partial charge in [0.05, 0.1) is 5.52 Å². The summed E-state index contributed by atoms with van der Waals surface area (Å²) in [6, 6.07) is 53.7. The van der Waals surface area contributed by atoms with Crippen molar-refractivity contribution in [1.29, 1.82) is 0 Å². The van der Waals surface area contributed by atoms with Crippen molar-refractivity contribution in [3.8, 4) is 17.3 Å². The maximum absolute atomic E-state index is 6.59. The molecule has 0 amide bonds. The van der Waals surface area contributed by atoms with E-state index in [2.05, 4.69) is 163 Å². The monoisotopic (exact) mass is 884 g/mol. The molecular weight excluding hydrogens is 852 g/mol. The maximum atomic E-state index is 6.59. The van der Waals surface area contributed by atoms with Crippen LogP contribution >= 0.6 is 11.3 Å². The third-order valence-corrected chi connectivity index (χ3v) is 11.1. The molecular formula is C46H33N4OPtS-3. The number of rotatable bonds is 5. The van der Waals surface area contributed by atoms with Crippen LogP contribution in [0.3, 0.4) is 0 Å². The van der Waals surface area contributed by atoms with Gasteiger partial charge in [-0.1, -0.05) is 92.3 Å². The molecule has 1 aliphatic rings. The van der Waals surface area contributed by atoms with Gasteiger partial charge in [0, 0.05) is 70.6 Å². The zero-order chi connectivity index (χ0) is 35.0. The van der Waals surface area contributed by atoms with Crippen LogP contribution in [0.4, 0.5) is 22.7 Å². The van der Waals surface area contributed by atoms with Gasteiger partial charge in [0.1, 0.15) is 5.82 Å². The van der Waals surface area contributed by atoms with E-state index < -0.39 is 0 Å². The van der Waals surface area contributed by atoms with E-state index in [4.69, 9.17) is 9.72 Å². The molecule has 0 aliphatic carbocycles. The fourth-order valence-corrected chi connectivity index (χ4v) is 8.56. The van der Waals surface area contributed by atoms with Crippen molar-refractivity contribution >= 4 is 76.1 Å². The van der Waals surface area contributed by atoms with Crippen LogP contribution < -0.4 is 14.5 Å².